The number of benzene rings is 1. The molecule has 1 heterocycles. The summed E-state index contributed by atoms with van der Waals surface area (Å²) in [7, 11) is 1.90. The van der Waals surface area contributed by atoms with Crippen molar-refractivity contribution in [2.75, 3.05) is 66.3 Å². The molecule has 38 heavy (non-hydrogen) atoms. The Balaban J connectivity index is 1.55. The number of aromatic carboxylic acids is 1. The van der Waals surface area contributed by atoms with Crippen molar-refractivity contribution in [2.45, 2.75) is 52.4 Å². The third-order valence-corrected chi connectivity index (χ3v) is 6.06. The first kappa shape index (κ1) is 31.6. The van der Waals surface area contributed by atoms with Crippen LogP contribution < -0.4 is 20.1 Å². The zero-order chi connectivity index (χ0) is 27.4. The lowest BCUT2D eigenvalue weighted by Gasteiger charge is -2.11. The molecule has 0 bridgehead atoms. The zero-order valence-electron chi connectivity index (χ0n) is 23.3. The summed E-state index contributed by atoms with van der Waals surface area (Å²) < 4.78 is 22.6. The van der Waals surface area contributed by atoms with Gasteiger partial charge in [-0.15, -0.1) is 0 Å². The molecule has 0 unspecified atom stereocenters. The van der Waals surface area contributed by atoms with Crippen molar-refractivity contribution >= 4 is 5.97 Å². The number of hydrogen-bond acceptors (Lipinski definition) is 8. The van der Waals surface area contributed by atoms with Crippen LogP contribution in [0, 0.1) is 13.8 Å². The van der Waals surface area contributed by atoms with Gasteiger partial charge < -0.3 is 34.7 Å². The molecule has 0 radical (unpaired) electrons. The molecule has 0 atom stereocenters. The van der Waals surface area contributed by atoms with E-state index in [2.05, 4.69) is 20.8 Å². The Morgan fingerprint density at radius 2 is 1.50 bits per heavy atom. The van der Waals surface area contributed by atoms with Gasteiger partial charge in [-0.3, -0.25) is 5.10 Å². The lowest BCUT2D eigenvalue weighted by Crippen LogP contribution is -2.22. The normalized spacial score (nSPS) is 11.1. The van der Waals surface area contributed by atoms with Gasteiger partial charge in [-0.05, 0) is 70.8 Å². The van der Waals surface area contributed by atoms with Gasteiger partial charge >= 0.3 is 5.97 Å². The second-order valence-electron chi connectivity index (χ2n) is 9.20. The SMILES string of the molecule is CNCCOCCOCCNCCCCCCOc1cc(OCCCc2c(C)n[nH]c2C)cc(C(=O)O)c1. The van der Waals surface area contributed by atoms with Gasteiger partial charge in [0.25, 0.3) is 0 Å². The van der Waals surface area contributed by atoms with Crippen molar-refractivity contribution < 1.29 is 28.8 Å². The number of nitrogens with zero attached hydrogens (tertiary/aromatic N) is 1. The maximum absolute atomic E-state index is 11.5. The summed E-state index contributed by atoms with van der Waals surface area (Å²) >= 11 is 0. The predicted octanol–water partition coefficient (Wildman–Crippen LogP) is 3.52. The van der Waals surface area contributed by atoms with Crippen molar-refractivity contribution in [3.8, 4) is 11.5 Å². The number of unbranched alkanes of at least 4 members (excludes halogenated alkanes) is 3. The number of ether oxygens (including phenoxy) is 4. The van der Waals surface area contributed by atoms with E-state index < -0.39 is 5.97 Å². The van der Waals surface area contributed by atoms with Crippen LogP contribution in [0.15, 0.2) is 18.2 Å². The summed E-state index contributed by atoms with van der Waals surface area (Å²) in [6.07, 6.45) is 5.83. The summed E-state index contributed by atoms with van der Waals surface area (Å²) in [5.74, 6) is 0.0353. The number of aromatic nitrogens is 2. The predicted molar refractivity (Wildman–Crippen MR) is 148 cm³/mol. The monoisotopic (exact) mass is 534 g/mol. The molecule has 0 aliphatic rings. The molecule has 10 nitrogen and oxygen atoms in total. The van der Waals surface area contributed by atoms with E-state index in [0.29, 0.717) is 51.1 Å². The molecule has 1 aromatic heterocycles. The molecule has 4 N–H and O–H groups in total. The van der Waals surface area contributed by atoms with E-state index in [4.69, 9.17) is 18.9 Å². The molecule has 214 valence electrons. The van der Waals surface area contributed by atoms with Gasteiger partial charge in [-0.2, -0.15) is 5.10 Å². The molecular weight excluding hydrogens is 488 g/mol. The van der Waals surface area contributed by atoms with E-state index in [1.807, 2.05) is 20.9 Å². The second-order valence-corrected chi connectivity index (χ2v) is 9.20. The first-order valence-corrected chi connectivity index (χ1v) is 13.7. The minimum Gasteiger partial charge on any atom is -0.493 e. The van der Waals surface area contributed by atoms with Gasteiger partial charge in [0, 0.05) is 24.8 Å². The molecule has 0 aliphatic carbocycles. The van der Waals surface area contributed by atoms with Crippen LogP contribution >= 0.6 is 0 Å². The number of rotatable bonds is 23. The van der Waals surface area contributed by atoms with Crippen molar-refractivity contribution in [3.63, 3.8) is 0 Å². The molecule has 0 aliphatic heterocycles. The van der Waals surface area contributed by atoms with Crippen LogP contribution in [0.3, 0.4) is 0 Å². The fourth-order valence-electron chi connectivity index (χ4n) is 3.90. The number of carboxylic acids is 1. The Bertz CT molecular complexity index is 901. The largest absolute Gasteiger partial charge is 0.493 e. The molecule has 2 aromatic rings. The molecule has 2 rings (SSSR count). The van der Waals surface area contributed by atoms with Crippen molar-refractivity contribution in [1.29, 1.82) is 0 Å². The highest BCUT2D eigenvalue weighted by Crippen LogP contribution is 2.24. The van der Waals surface area contributed by atoms with Crippen LogP contribution in [0.4, 0.5) is 0 Å². The molecule has 10 heteroatoms. The number of H-pyrrole nitrogens is 1. The number of carbonyl (C=O) groups is 1. The maximum atomic E-state index is 11.5. The van der Waals surface area contributed by atoms with Crippen LogP contribution in [0.2, 0.25) is 0 Å². The summed E-state index contributed by atoms with van der Waals surface area (Å²) in [5, 5.41) is 23.1. The van der Waals surface area contributed by atoms with E-state index in [9.17, 15) is 9.90 Å². The zero-order valence-corrected chi connectivity index (χ0v) is 23.3. The Morgan fingerprint density at radius 1 is 0.842 bits per heavy atom. The van der Waals surface area contributed by atoms with Crippen LogP contribution in [-0.2, 0) is 15.9 Å². The first-order valence-electron chi connectivity index (χ1n) is 13.7. The van der Waals surface area contributed by atoms with E-state index >= 15 is 0 Å². The minimum atomic E-state index is -0.999. The lowest BCUT2D eigenvalue weighted by atomic mass is 10.1. The van der Waals surface area contributed by atoms with Crippen molar-refractivity contribution in [2.24, 2.45) is 0 Å². The van der Waals surface area contributed by atoms with E-state index in [-0.39, 0.29) is 5.56 Å². The third-order valence-electron chi connectivity index (χ3n) is 6.06. The Hall–Kier alpha value is -2.66. The number of nitrogens with one attached hydrogen (secondary N) is 3. The van der Waals surface area contributed by atoms with Gasteiger partial charge in [-0.1, -0.05) is 12.8 Å². The number of hydrogen-bond donors (Lipinski definition) is 4. The number of carboxylic acid groups (broad SMARTS) is 1. The fourth-order valence-corrected chi connectivity index (χ4v) is 3.90. The van der Waals surface area contributed by atoms with Crippen molar-refractivity contribution in [3.05, 3.63) is 40.7 Å². The minimum absolute atomic E-state index is 0.162. The highest BCUT2D eigenvalue weighted by Gasteiger charge is 2.10. The van der Waals surface area contributed by atoms with Crippen LogP contribution in [-0.4, -0.2) is 87.6 Å². The molecule has 0 saturated carbocycles. The van der Waals surface area contributed by atoms with Crippen LogP contribution in [0.25, 0.3) is 0 Å². The number of likely N-dealkylation sites (N-methyl/N-ethyl adjacent to an activating group) is 1. The summed E-state index contributed by atoms with van der Waals surface area (Å²) in [4.78, 5) is 11.5. The van der Waals surface area contributed by atoms with Gasteiger partial charge in [0.2, 0.25) is 0 Å². The Kier molecular flexibility index (Phi) is 16.1. The maximum Gasteiger partial charge on any atom is 0.335 e. The highest BCUT2D eigenvalue weighted by molar-refractivity contribution is 5.88. The summed E-state index contributed by atoms with van der Waals surface area (Å²) in [6.45, 7) is 10.3. The molecular formula is C28H46N4O6. The standard InChI is InChI=1S/C28H46N4O6/c1-22-27(23(2)32-31-22)9-8-14-38-26-20-24(28(33)34)19-25(21-26)37-13-7-5-4-6-10-30-12-16-36-18-17-35-15-11-29-3/h19-21,29-30H,4-18H2,1-3H3,(H,31,32)(H,33,34). The number of aromatic amines is 1. The van der Waals surface area contributed by atoms with E-state index in [1.165, 1.54) is 5.56 Å². The second kappa shape index (κ2) is 19.4. The summed E-state index contributed by atoms with van der Waals surface area (Å²) in [6, 6.07) is 4.86. The third kappa shape index (κ3) is 13.2. The average Bonchev–Trinajstić information content (AvgIpc) is 3.23. The fraction of sp³-hybridized carbons (Fsp3) is 0.643. The molecule has 1 aromatic carbocycles. The van der Waals surface area contributed by atoms with Crippen LogP contribution in [0.1, 0.15) is 59.4 Å². The molecule has 0 saturated heterocycles. The lowest BCUT2D eigenvalue weighted by molar-refractivity contribution is 0.0504. The molecule has 0 spiro atoms. The van der Waals surface area contributed by atoms with Crippen LogP contribution in [0.5, 0.6) is 11.5 Å². The first-order chi connectivity index (χ1) is 18.5. The topological polar surface area (TPSA) is 127 Å². The molecule has 0 fully saturated rings. The summed E-state index contributed by atoms with van der Waals surface area (Å²) in [5.41, 5.74) is 3.45. The highest BCUT2D eigenvalue weighted by atomic mass is 16.5. The van der Waals surface area contributed by atoms with Crippen molar-refractivity contribution in [1.82, 2.24) is 20.8 Å². The quantitative estimate of drug-likeness (QED) is 0.158. The van der Waals surface area contributed by atoms with E-state index in [1.54, 1.807) is 18.2 Å². The van der Waals surface area contributed by atoms with Gasteiger partial charge in [0.05, 0.1) is 50.9 Å². The molecule has 0 amide bonds. The Morgan fingerprint density at radius 3 is 2.13 bits per heavy atom. The average molecular weight is 535 g/mol. The smallest absolute Gasteiger partial charge is 0.335 e. The van der Waals surface area contributed by atoms with Gasteiger partial charge in [0.15, 0.2) is 0 Å². The Labute approximate surface area is 226 Å². The number of aryl methyl sites for hydroxylation is 2. The van der Waals surface area contributed by atoms with Gasteiger partial charge in [0.1, 0.15) is 11.5 Å². The van der Waals surface area contributed by atoms with Gasteiger partial charge in [-0.25, -0.2) is 4.79 Å². The van der Waals surface area contributed by atoms with E-state index in [0.717, 1.165) is 69.5 Å².